The van der Waals surface area contributed by atoms with E-state index in [1.807, 2.05) is 0 Å². The van der Waals surface area contributed by atoms with Crippen LogP contribution in [0.5, 0.6) is 11.6 Å². The molecule has 0 N–H and O–H groups in total. The van der Waals surface area contributed by atoms with E-state index in [1.165, 1.54) is 12.8 Å². The van der Waals surface area contributed by atoms with E-state index in [-0.39, 0.29) is 11.9 Å². The van der Waals surface area contributed by atoms with E-state index in [2.05, 4.69) is 18.8 Å². The van der Waals surface area contributed by atoms with Gasteiger partial charge in [-0.2, -0.15) is 0 Å². The Morgan fingerprint density at radius 3 is 2.57 bits per heavy atom. The van der Waals surface area contributed by atoms with Crippen molar-refractivity contribution in [3.63, 3.8) is 0 Å². The molecule has 0 unspecified atom stereocenters. The number of esters is 1. The lowest BCUT2D eigenvalue weighted by Gasteiger charge is -2.26. The number of rotatable bonds is 8. The summed E-state index contributed by atoms with van der Waals surface area (Å²) in [5.41, 5.74) is 0. The van der Waals surface area contributed by atoms with Crippen LogP contribution in [0.1, 0.15) is 65.2 Å². The van der Waals surface area contributed by atoms with E-state index in [1.54, 1.807) is 18.3 Å². The quantitative estimate of drug-likeness (QED) is 0.511. The summed E-state index contributed by atoms with van der Waals surface area (Å²) in [7, 11) is 0. The minimum atomic E-state index is -0.113. The highest BCUT2D eigenvalue weighted by Gasteiger charge is 2.27. The van der Waals surface area contributed by atoms with Gasteiger partial charge in [-0.3, -0.25) is 4.79 Å². The predicted octanol–water partition coefficient (Wildman–Crippen LogP) is 4.77. The first-order valence-corrected chi connectivity index (χ1v) is 9.03. The predicted molar refractivity (Wildman–Crippen MR) is 90.6 cm³/mol. The van der Waals surface area contributed by atoms with Gasteiger partial charge >= 0.3 is 5.97 Å². The molecule has 1 heterocycles. The fraction of sp³-hybridized carbons (Fsp3) is 0.684. The number of hydrogen-bond acceptors (Lipinski definition) is 4. The molecule has 0 spiro atoms. The van der Waals surface area contributed by atoms with Gasteiger partial charge in [0.1, 0.15) is 5.75 Å². The second-order valence-electron chi connectivity index (χ2n) is 6.43. The van der Waals surface area contributed by atoms with Gasteiger partial charge < -0.3 is 9.47 Å². The van der Waals surface area contributed by atoms with Gasteiger partial charge in [0.05, 0.1) is 18.7 Å². The van der Waals surface area contributed by atoms with Crippen LogP contribution in [0.15, 0.2) is 18.3 Å². The standard InChI is InChI=1S/C19H29NO3/c1-3-5-6-13-22-18-12-11-17(14-20-18)23-19(21)16-9-7-15(4-2)8-10-16/h11-12,14-16H,3-10,13H2,1-2H3. The van der Waals surface area contributed by atoms with Gasteiger partial charge in [-0.1, -0.05) is 33.1 Å². The van der Waals surface area contributed by atoms with Gasteiger partial charge in [-0.05, 0) is 44.1 Å². The van der Waals surface area contributed by atoms with E-state index in [9.17, 15) is 4.79 Å². The first-order valence-electron chi connectivity index (χ1n) is 9.03. The number of hydrogen-bond donors (Lipinski definition) is 0. The molecule has 1 aromatic heterocycles. The topological polar surface area (TPSA) is 48.4 Å². The molecule has 1 aliphatic carbocycles. The lowest BCUT2D eigenvalue weighted by molar-refractivity contribution is -0.140. The number of carbonyl (C=O) groups excluding carboxylic acids is 1. The zero-order chi connectivity index (χ0) is 16.5. The summed E-state index contributed by atoms with van der Waals surface area (Å²) in [6.45, 7) is 5.07. The number of unbranched alkanes of at least 4 members (excludes halogenated alkanes) is 2. The molecule has 0 aliphatic heterocycles. The summed E-state index contributed by atoms with van der Waals surface area (Å²) < 4.78 is 11.0. The molecular formula is C19H29NO3. The van der Waals surface area contributed by atoms with E-state index < -0.39 is 0 Å². The minimum absolute atomic E-state index is 0.0442. The Hall–Kier alpha value is -1.58. The number of pyridine rings is 1. The molecule has 0 aromatic carbocycles. The summed E-state index contributed by atoms with van der Waals surface area (Å²) in [6.07, 6.45) is 10.3. The Morgan fingerprint density at radius 2 is 1.96 bits per heavy atom. The van der Waals surface area contributed by atoms with Crippen LogP contribution in [0.2, 0.25) is 0 Å². The third-order valence-electron chi connectivity index (χ3n) is 4.68. The van der Waals surface area contributed by atoms with Crippen molar-refractivity contribution in [2.45, 2.75) is 65.2 Å². The van der Waals surface area contributed by atoms with Gasteiger partial charge in [-0.15, -0.1) is 0 Å². The molecule has 2 rings (SSSR count). The normalized spacial score (nSPS) is 21.0. The molecule has 23 heavy (non-hydrogen) atoms. The Morgan fingerprint density at radius 1 is 1.17 bits per heavy atom. The van der Waals surface area contributed by atoms with Crippen molar-refractivity contribution in [1.29, 1.82) is 0 Å². The molecule has 1 saturated carbocycles. The van der Waals surface area contributed by atoms with Crippen LogP contribution in [0.3, 0.4) is 0 Å². The molecule has 0 atom stereocenters. The van der Waals surface area contributed by atoms with Crippen LogP contribution in [0, 0.1) is 11.8 Å². The Labute approximate surface area is 139 Å². The monoisotopic (exact) mass is 319 g/mol. The second-order valence-corrected chi connectivity index (χ2v) is 6.43. The minimum Gasteiger partial charge on any atom is -0.478 e. The van der Waals surface area contributed by atoms with Gasteiger partial charge in [0, 0.05) is 6.07 Å². The van der Waals surface area contributed by atoms with Crippen LogP contribution in [0.25, 0.3) is 0 Å². The van der Waals surface area contributed by atoms with Crippen molar-refractivity contribution >= 4 is 5.97 Å². The highest BCUT2D eigenvalue weighted by Crippen LogP contribution is 2.31. The average Bonchev–Trinajstić information content (AvgIpc) is 2.60. The molecule has 1 aliphatic rings. The maximum absolute atomic E-state index is 12.2. The van der Waals surface area contributed by atoms with Gasteiger partial charge in [0.2, 0.25) is 5.88 Å². The molecule has 128 valence electrons. The van der Waals surface area contributed by atoms with Crippen molar-refractivity contribution in [1.82, 2.24) is 4.98 Å². The van der Waals surface area contributed by atoms with Crippen LogP contribution >= 0.6 is 0 Å². The fourth-order valence-corrected chi connectivity index (χ4v) is 3.05. The highest BCUT2D eigenvalue weighted by atomic mass is 16.5. The Bertz CT molecular complexity index is 464. The first-order chi connectivity index (χ1) is 11.2. The van der Waals surface area contributed by atoms with Crippen molar-refractivity contribution in [2.24, 2.45) is 11.8 Å². The molecule has 0 radical (unpaired) electrons. The van der Waals surface area contributed by atoms with Gasteiger partial charge in [0.25, 0.3) is 0 Å². The third-order valence-corrected chi connectivity index (χ3v) is 4.68. The number of nitrogens with zero attached hydrogens (tertiary/aromatic N) is 1. The van der Waals surface area contributed by atoms with Crippen molar-refractivity contribution in [2.75, 3.05) is 6.61 Å². The van der Waals surface area contributed by atoms with Crippen LogP contribution < -0.4 is 9.47 Å². The Kier molecular flexibility index (Phi) is 7.37. The molecule has 4 nitrogen and oxygen atoms in total. The molecule has 0 bridgehead atoms. The third kappa shape index (κ3) is 5.85. The lowest BCUT2D eigenvalue weighted by atomic mass is 9.81. The summed E-state index contributed by atoms with van der Waals surface area (Å²) in [6, 6.07) is 3.53. The first kappa shape index (κ1) is 17.8. The van der Waals surface area contributed by atoms with Gasteiger partial charge in [0.15, 0.2) is 0 Å². The summed E-state index contributed by atoms with van der Waals surface area (Å²) in [4.78, 5) is 16.4. The molecule has 0 amide bonds. The van der Waals surface area contributed by atoms with Crippen molar-refractivity contribution in [3.05, 3.63) is 18.3 Å². The molecular weight excluding hydrogens is 290 g/mol. The lowest BCUT2D eigenvalue weighted by Crippen LogP contribution is -2.25. The second kappa shape index (κ2) is 9.53. The highest BCUT2D eigenvalue weighted by molar-refractivity contribution is 5.75. The van der Waals surface area contributed by atoms with E-state index in [0.717, 1.165) is 44.4 Å². The van der Waals surface area contributed by atoms with Crippen molar-refractivity contribution in [3.8, 4) is 11.6 Å². The van der Waals surface area contributed by atoms with Crippen LogP contribution in [-0.2, 0) is 4.79 Å². The summed E-state index contributed by atoms with van der Waals surface area (Å²) in [5.74, 6) is 1.81. The summed E-state index contributed by atoms with van der Waals surface area (Å²) in [5, 5.41) is 0. The smallest absolute Gasteiger partial charge is 0.314 e. The number of carbonyl (C=O) groups is 1. The van der Waals surface area contributed by atoms with Crippen LogP contribution in [0.4, 0.5) is 0 Å². The van der Waals surface area contributed by atoms with E-state index in [0.29, 0.717) is 18.2 Å². The number of ether oxygens (including phenoxy) is 2. The fourth-order valence-electron chi connectivity index (χ4n) is 3.05. The van der Waals surface area contributed by atoms with E-state index in [4.69, 9.17) is 9.47 Å². The molecule has 1 fully saturated rings. The SMILES string of the molecule is CCCCCOc1ccc(OC(=O)C2CCC(CC)CC2)cn1. The van der Waals surface area contributed by atoms with Gasteiger partial charge in [-0.25, -0.2) is 4.98 Å². The molecule has 1 aromatic rings. The zero-order valence-corrected chi connectivity index (χ0v) is 14.4. The summed E-state index contributed by atoms with van der Waals surface area (Å²) >= 11 is 0. The molecule has 0 saturated heterocycles. The largest absolute Gasteiger partial charge is 0.478 e. The van der Waals surface area contributed by atoms with E-state index >= 15 is 0 Å². The maximum Gasteiger partial charge on any atom is 0.314 e. The molecule has 4 heteroatoms. The van der Waals surface area contributed by atoms with Crippen molar-refractivity contribution < 1.29 is 14.3 Å². The number of aromatic nitrogens is 1. The Balaban J connectivity index is 1.75. The average molecular weight is 319 g/mol. The van der Waals surface area contributed by atoms with Crippen LogP contribution in [-0.4, -0.2) is 17.6 Å². The zero-order valence-electron chi connectivity index (χ0n) is 14.4. The maximum atomic E-state index is 12.2.